The van der Waals surface area contributed by atoms with Crippen LogP contribution in [0.4, 0.5) is 4.79 Å². The molecule has 1 aromatic carbocycles. The molecule has 0 unspecified atom stereocenters. The minimum Gasteiger partial charge on any atom is -0.497 e. The molecular weight excluding hydrogens is 805 g/mol. The van der Waals surface area contributed by atoms with Crippen molar-refractivity contribution in [3.05, 3.63) is 54.7 Å². The number of rotatable bonds is 11. The fraction of sp³-hybridized carbons (Fsp3) is 0.545. The number of sulfonamides is 1. The van der Waals surface area contributed by atoms with Crippen LogP contribution in [-0.4, -0.2) is 100 Å². The second-order valence-corrected chi connectivity index (χ2v) is 19.7. The molecule has 7 atom stereocenters. The van der Waals surface area contributed by atoms with Crippen LogP contribution in [0.25, 0.3) is 22.2 Å². The summed E-state index contributed by atoms with van der Waals surface area (Å²) in [5.74, 6) is -1.49. The quantitative estimate of drug-likeness (QED) is 0.180. The van der Waals surface area contributed by atoms with Crippen LogP contribution in [0.1, 0.15) is 86.0 Å². The first kappa shape index (κ1) is 43.6. The molecule has 0 spiro atoms. The number of nitrogens with one attached hydrogen (secondary N) is 3. The Morgan fingerprint density at radius 2 is 1.84 bits per heavy atom. The van der Waals surface area contributed by atoms with Crippen molar-refractivity contribution in [2.45, 2.75) is 121 Å². The number of hydrogen-bond donors (Lipinski definition) is 4. The van der Waals surface area contributed by atoms with Crippen LogP contribution in [0, 0.1) is 17.8 Å². The Balaban J connectivity index is 1.25. The van der Waals surface area contributed by atoms with Crippen molar-refractivity contribution >= 4 is 44.6 Å². The third-order valence-electron chi connectivity index (χ3n) is 12.5. The Bertz CT molecular complexity index is 2320. The van der Waals surface area contributed by atoms with Gasteiger partial charge in [-0.3, -0.25) is 24.1 Å². The van der Waals surface area contributed by atoms with Crippen LogP contribution < -0.4 is 29.6 Å². The highest BCUT2D eigenvalue weighted by Gasteiger charge is 2.63. The summed E-state index contributed by atoms with van der Waals surface area (Å²) in [4.78, 5) is 66.5. The van der Waals surface area contributed by atoms with Crippen molar-refractivity contribution in [2.75, 3.05) is 13.7 Å². The fourth-order valence-corrected chi connectivity index (χ4v) is 9.84. The molecule has 4 amide bonds. The molecule has 328 valence electrons. The van der Waals surface area contributed by atoms with Gasteiger partial charge < -0.3 is 34.9 Å². The van der Waals surface area contributed by atoms with E-state index >= 15 is 0 Å². The summed E-state index contributed by atoms with van der Waals surface area (Å²) in [6.45, 7) is 9.26. The predicted octanol–water partition coefficient (Wildman–Crippen LogP) is 5.35. The molecule has 4 N–H and O–H groups in total. The van der Waals surface area contributed by atoms with E-state index < -0.39 is 74.1 Å². The fourth-order valence-electron chi connectivity index (χ4n) is 8.53. The van der Waals surface area contributed by atoms with Gasteiger partial charge in [-0.15, -0.1) is 0 Å². The molecule has 4 aliphatic rings. The summed E-state index contributed by atoms with van der Waals surface area (Å²) in [5, 5.41) is 16.7. The number of fused-ring (bicyclic) bond motifs is 3. The standard InChI is InChI=1S/C44H56N6O10S/c1-7-27-18-26(4)10-8-9-11-29-22-44(29,41(53)49-61(56,57)43(5)16-17-43)48-38(51)36-21-32(24-50(36)40(52)37(27)47-42(54)55)60-39-33-14-12-30(58-6)19-28(33)20-35(46-39)34-15-13-31(23-45-34)59-25(2)3/h9,11-15,19-20,23,25-27,29,32,36-37,47H,7-8,10,16-18,21-22,24H2,1-6H3,(H,48,51)(H,49,53)(H,54,55)/t26-,27+,29+,32+,36-,37-,44+/m0/s1. The highest BCUT2D eigenvalue weighted by atomic mass is 32.2. The van der Waals surface area contributed by atoms with Gasteiger partial charge in [0.1, 0.15) is 35.2 Å². The molecule has 4 heterocycles. The van der Waals surface area contributed by atoms with Gasteiger partial charge in [0.25, 0.3) is 5.91 Å². The van der Waals surface area contributed by atoms with Crippen LogP contribution in [0.5, 0.6) is 17.4 Å². The average Bonchev–Trinajstić information content (AvgIpc) is 4.10. The molecule has 0 radical (unpaired) electrons. The lowest BCUT2D eigenvalue weighted by atomic mass is 9.85. The zero-order valence-corrected chi connectivity index (χ0v) is 36.3. The van der Waals surface area contributed by atoms with Gasteiger partial charge in [0.05, 0.1) is 42.1 Å². The lowest BCUT2D eigenvalue weighted by Crippen LogP contribution is -2.59. The van der Waals surface area contributed by atoms with E-state index in [1.54, 1.807) is 44.5 Å². The van der Waals surface area contributed by atoms with E-state index in [0.717, 1.165) is 11.8 Å². The number of methoxy groups -OCH3 is 1. The molecule has 7 rings (SSSR count). The summed E-state index contributed by atoms with van der Waals surface area (Å²) >= 11 is 0. The molecule has 17 heteroatoms. The number of ether oxygens (including phenoxy) is 3. The second kappa shape index (κ2) is 17.1. The van der Waals surface area contributed by atoms with Gasteiger partial charge in [0.15, 0.2) is 0 Å². The molecule has 3 fully saturated rings. The number of carbonyl (C=O) groups is 4. The van der Waals surface area contributed by atoms with E-state index in [1.165, 1.54) is 4.90 Å². The maximum absolute atomic E-state index is 14.8. The molecule has 0 bridgehead atoms. The smallest absolute Gasteiger partial charge is 0.405 e. The van der Waals surface area contributed by atoms with Crippen molar-refractivity contribution in [1.82, 2.24) is 30.2 Å². The normalized spacial score (nSPS) is 27.5. The molecule has 1 saturated heterocycles. The third-order valence-corrected chi connectivity index (χ3v) is 14.7. The molecule has 3 aromatic rings. The van der Waals surface area contributed by atoms with Crippen molar-refractivity contribution in [2.24, 2.45) is 17.8 Å². The third kappa shape index (κ3) is 9.26. The summed E-state index contributed by atoms with van der Waals surface area (Å²) in [6.07, 6.45) is 6.52. The minimum absolute atomic E-state index is 0.0395. The zero-order chi connectivity index (χ0) is 43.9. The SMILES string of the molecule is CC[C@@H]1C[C@@H](C)CCC=C[C@@H]2C[C@@]2(C(=O)NS(=O)(=O)C2(C)CC2)NC(=O)[C@@H]2C[C@@H](Oc3nc(-c4ccc(OC(C)C)cn4)cc4cc(OC)ccc34)CN2C(=O)[C@H]1NC(=O)O. The van der Waals surface area contributed by atoms with Crippen molar-refractivity contribution in [3.8, 4) is 28.8 Å². The number of amides is 4. The Hall–Kier alpha value is -5.45. The number of aromatic nitrogens is 2. The van der Waals surface area contributed by atoms with Gasteiger partial charge in [-0.25, -0.2) is 18.2 Å². The van der Waals surface area contributed by atoms with Crippen molar-refractivity contribution in [3.63, 3.8) is 0 Å². The largest absolute Gasteiger partial charge is 0.497 e. The topological polar surface area (TPSA) is 215 Å². The van der Waals surface area contributed by atoms with Crippen molar-refractivity contribution in [1.29, 1.82) is 0 Å². The first-order valence-corrected chi connectivity index (χ1v) is 22.6. The Morgan fingerprint density at radius 1 is 1.08 bits per heavy atom. The monoisotopic (exact) mass is 860 g/mol. The number of nitrogens with zero attached hydrogens (tertiary/aromatic N) is 3. The van der Waals surface area contributed by atoms with Gasteiger partial charge in [-0.05, 0) is 113 Å². The van der Waals surface area contributed by atoms with E-state index in [0.29, 0.717) is 60.4 Å². The average molecular weight is 861 g/mol. The van der Waals surface area contributed by atoms with Crippen LogP contribution in [0.15, 0.2) is 54.7 Å². The van der Waals surface area contributed by atoms with Crippen molar-refractivity contribution < 1.29 is 46.9 Å². The number of pyridine rings is 2. The van der Waals surface area contributed by atoms with E-state index in [9.17, 15) is 32.7 Å². The predicted molar refractivity (Wildman–Crippen MR) is 226 cm³/mol. The number of carbonyl (C=O) groups excluding carboxylic acids is 3. The second-order valence-electron chi connectivity index (χ2n) is 17.5. The number of allylic oxidation sites excluding steroid dienone is 1. The summed E-state index contributed by atoms with van der Waals surface area (Å²) in [5.41, 5.74) is -0.560. The minimum atomic E-state index is -4.04. The zero-order valence-electron chi connectivity index (χ0n) is 35.5. The van der Waals surface area contributed by atoms with Gasteiger partial charge in [0, 0.05) is 17.7 Å². The molecule has 2 aliphatic carbocycles. The number of hydrogen-bond acceptors (Lipinski definition) is 11. The van der Waals surface area contributed by atoms with E-state index in [2.05, 4.69) is 20.3 Å². The maximum Gasteiger partial charge on any atom is 0.405 e. The summed E-state index contributed by atoms with van der Waals surface area (Å²) in [7, 11) is -2.47. The molecule has 16 nitrogen and oxygen atoms in total. The lowest BCUT2D eigenvalue weighted by molar-refractivity contribution is -0.142. The first-order valence-electron chi connectivity index (χ1n) is 21.1. The van der Waals surface area contributed by atoms with Gasteiger partial charge in [-0.1, -0.05) is 32.4 Å². The molecule has 61 heavy (non-hydrogen) atoms. The number of benzene rings is 1. The molecule has 2 aliphatic heterocycles. The lowest BCUT2D eigenvalue weighted by Gasteiger charge is -2.33. The van der Waals surface area contributed by atoms with Gasteiger partial charge >= 0.3 is 6.09 Å². The number of carboxylic acid groups (broad SMARTS) is 1. The van der Waals surface area contributed by atoms with Crippen LogP contribution in [0.2, 0.25) is 0 Å². The summed E-state index contributed by atoms with van der Waals surface area (Å²) in [6, 6.07) is 8.45. The molecule has 2 aromatic heterocycles. The van der Waals surface area contributed by atoms with E-state index in [1.807, 2.05) is 52.0 Å². The molecular formula is C44H56N6O10S. The Kier molecular flexibility index (Phi) is 12.3. The highest BCUT2D eigenvalue weighted by molar-refractivity contribution is 7.91. The molecule has 2 saturated carbocycles. The van der Waals surface area contributed by atoms with Gasteiger partial charge in [0.2, 0.25) is 27.7 Å². The van der Waals surface area contributed by atoms with Crippen LogP contribution >= 0.6 is 0 Å². The van der Waals surface area contributed by atoms with Crippen LogP contribution in [-0.2, 0) is 24.4 Å². The van der Waals surface area contributed by atoms with E-state index in [-0.39, 0.29) is 37.3 Å². The van der Waals surface area contributed by atoms with E-state index in [4.69, 9.17) is 19.2 Å². The highest BCUT2D eigenvalue weighted by Crippen LogP contribution is 2.48. The van der Waals surface area contributed by atoms with Gasteiger partial charge in [-0.2, -0.15) is 0 Å². The Morgan fingerprint density at radius 3 is 2.49 bits per heavy atom. The maximum atomic E-state index is 14.8. The Labute approximate surface area is 356 Å². The van der Waals surface area contributed by atoms with Crippen LogP contribution in [0.3, 0.4) is 0 Å². The summed E-state index contributed by atoms with van der Waals surface area (Å²) < 4.78 is 45.7. The first-order chi connectivity index (χ1) is 29.0.